The van der Waals surface area contributed by atoms with Crippen molar-refractivity contribution in [3.63, 3.8) is 0 Å². The zero-order chi connectivity index (χ0) is 18.3. The van der Waals surface area contributed by atoms with Crippen molar-refractivity contribution in [3.05, 3.63) is 40.7 Å². The van der Waals surface area contributed by atoms with Crippen LogP contribution in [-0.4, -0.2) is 31.5 Å². The molecule has 0 radical (unpaired) electrons. The lowest BCUT2D eigenvalue weighted by atomic mass is 10.2. The Balaban J connectivity index is 1.79. The van der Waals surface area contributed by atoms with Gasteiger partial charge in [-0.1, -0.05) is 11.3 Å². The molecule has 4 rings (SSSR count). The van der Waals surface area contributed by atoms with E-state index in [4.69, 9.17) is 18.9 Å². The highest BCUT2D eigenvalue weighted by Gasteiger charge is 2.18. The summed E-state index contributed by atoms with van der Waals surface area (Å²) in [5.74, 6) is 2.05. The van der Waals surface area contributed by atoms with Crippen molar-refractivity contribution in [1.82, 2.24) is 4.57 Å². The quantitative estimate of drug-likeness (QED) is 0.707. The molecule has 0 aliphatic carbocycles. The van der Waals surface area contributed by atoms with E-state index in [1.807, 2.05) is 23.7 Å². The zero-order valence-corrected chi connectivity index (χ0v) is 15.3. The second kappa shape index (κ2) is 6.38. The van der Waals surface area contributed by atoms with Crippen LogP contribution in [0, 0.1) is 0 Å². The van der Waals surface area contributed by atoms with Gasteiger partial charge in [0.15, 0.2) is 16.3 Å². The summed E-state index contributed by atoms with van der Waals surface area (Å²) in [4.78, 5) is 17.5. The predicted molar refractivity (Wildman–Crippen MR) is 96.4 cm³/mol. The Kier molecular flexibility index (Phi) is 4.04. The molecule has 0 saturated carbocycles. The van der Waals surface area contributed by atoms with Gasteiger partial charge in [0.1, 0.15) is 11.5 Å². The fraction of sp³-hybridized carbons (Fsp3) is 0.222. The molecule has 0 fully saturated rings. The SMILES string of the molecule is COc1ccc(C(=O)N=c2sc3cc4c(cc3n2C)OCO4)c(OC)c1. The summed E-state index contributed by atoms with van der Waals surface area (Å²) >= 11 is 1.41. The van der Waals surface area contributed by atoms with Crippen LogP contribution in [0.3, 0.4) is 0 Å². The van der Waals surface area contributed by atoms with E-state index < -0.39 is 0 Å². The molecule has 0 unspecified atom stereocenters. The van der Waals surface area contributed by atoms with Crippen LogP contribution in [0.25, 0.3) is 10.2 Å². The Labute approximate surface area is 153 Å². The molecule has 0 N–H and O–H groups in total. The number of hydrogen-bond donors (Lipinski definition) is 0. The van der Waals surface area contributed by atoms with E-state index >= 15 is 0 Å². The molecule has 0 spiro atoms. The molecule has 2 aromatic carbocycles. The van der Waals surface area contributed by atoms with Gasteiger partial charge < -0.3 is 23.5 Å². The van der Waals surface area contributed by atoms with Crippen LogP contribution >= 0.6 is 11.3 Å². The molecule has 2 heterocycles. The van der Waals surface area contributed by atoms with Crippen molar-refractivity contribution < 1.29 is 23.7 Å². The molecule has 1 aliphatic heterocycles. The Bertz CT molecular complexity index is 1080. The highest BCUT2D eigenvalue weighted by molar-refractivity contribution is 7.16. The Hall–Kier alpha value is -3.00. The van der Waals surface area contributed by atoms with Crippen LogP contribution in [0.15, 0.2) is 35.3 Å². The van der Waals surface area contributed by atoms with E-state index in [9.17, 15) is 4.79 Å². The second-order valence-electron chi connectivity index (χ2n) is 5.60. The van der Waals surface area contributed by atoms with Gasteiger partial charge in [0.2, 0.25) is 6.79 Å². The summed E-state index contributed by atoms with van der Waals surface area (Å²) in [6.45, 7) is 0.226. The maximum absolute atomic E-state index is 12.7. The zero-order valence-electron chi connectivity index (χ0n) is 14.4. The lowest BCUT2D eigenvalue weighted by molar-refractivity contribution is 0.0995. The van der Waals surface area contributed by atoms with Crippen LogP contribution in [0.1, 0.15) is 10.4 Å². The van der Waals surface area contributed by atoms with E-state index in [1.54, 1.807) is 25.3 Å². The lowest BCUT2D eigenvalue weighted by Gasteiger charge is -2.07. The van der Waals surface area contributed by atoms with Crippen LogP contribution in [0.4, 0.5) is 0 Å². The predicted octanol–water partition coefficient (Wildman–Crippen LogP) is 2.73. The van der Waals surface area contributed by atoms with Crippen LogP contribution in [0.2, 0.25) is 0 Å². The summed E-state index contributed by atoms with van der Waals surface area (Å²) in [6.07, 6.45) is 0. The molecule has 1 amide bonds. The maximum atomic E-state index is 12.7. The number of aromatic nitrogens is 1. The number of rotatable bonds is 3. The van der Waals surface area contributed by atoms with Gasteiger partial charge >= 0.3 is 0 Å². The van der Waals surface area contributed by atoms with Gasteiger partial charge in [-0.3, -0.25) is 4.79 Å². The minimum atomic E-state index is -0.383. The first-order valence-electron chi connectivity index (χ1n) is 7.81. The van der Waals surface area contributed by atoms with Crippen LogP contribution in [-0.2, 0) is 7.05 Å². The molecule has 8 heteroatoms. The van der Waals surface area contributed by atoms with Crippen molar-refractivity contribution in [3.8, 4) is 23.0 Å². The van der Waals surface area contributed by atoms with Gasteiger partial charge in [0.25, 0.3) is 5.91 Å². The summed E-state index contributed by atoms with van der Waals surface area (Å²) in [5, 5.41) is 0. The topological polar surface area (TPSA) is 71.3 Å². The third-order valence-electron chi connectivity index (χ3n) is 4.14. The fourth-order valence-electron chi connectivity index (χ4n) is 2.75. The molecule has 26 heavy (non-hydrogen) atoms. The van der Waals surface area contributed by atoms with E-state index in [0.717, 1.165) is 10.2 Å². The number of ether oxygens (including phenoxy) is 4. The van der Waals surface area contributed by atoms with Crippen LogP contribution in [0.5, 0.6) is 23.0 Å². The molecule has 0 saturated heterocycles. The van der Waals surface area contributed by atoms with E-state index in [1.165, 1.54) is 18.4 Å². The average molecular weight is 372 g/mol. The molecule has 0 atom stereocenters. The number of methoxy groups -OCH3 is 2. The summed E-state index contributed by atoms with van der Waals surface area (Å²) < 4.78 is 24.1. The Morgan fingerprint density at radius 1 is 1.15 bits per heavy atom. The smallest absolute Gasteiger partial charge is 0.283 e. The van der Waals surface area contributed by atoms with Crippen molar-refractivity contribution in [1.29, 1.82) is 0 Å². The van der Waals surface area contributed by atoms with Gasteiger partial charge in [-0.05, 0) is 12.1 Å². The minimum Gasteiger partial charge on any atom is -0.497 e. The number of nitrogens with zero attached hydrogens (tertiary/aromatic N) is 2. The first kappa shape index (κ1) is 16.5. The normalized spacial score (nSPS) is 13.3. The highest BCUT2D eigenvalue weighted by atomic mass is 32.1. The van der Waals surface area contributed by atoms with E-state index in [-0.39, 0.29) is 12.7 Å². The summed E-state index contributed by atoms with van der Waals surface area (Å²) in [5.41, 5.74) is 1.30. The van der Waals surface area contributed by atoms with Crippen molar-refractivity contribution in [2.24, 2.45) is 12.0 Å². The van der Waals surface area contributed by atoms with Gasteiger partial charge in [0.05, 0.1) is 30.0 Å². The number of fused-ring (bicyclic) bond motifs is 2. The molecule has 134 valence electrons. The van der Waals surface area contributed by atoms with E-state index in [0.29, 0.717) is 33.4 Å². The molecule has 7 nitrogen and oxygen atoms in total. The third kappa shape index (κ3) is 2.68. The standard InChI is InChI=1S/C18H16N2O5S/c1-20-12-7-14-15(25-9-24-14)8-16(12)26-18(20)19-17(21)11-5-4-10(22-2)6-13(11)23-3/h4-8H,9H2,1-3H3. The van der Waals surface area contributed by atoms with Gasteiger partial charge in [-0.25, -0.2) is 0 Å². The lowest BCUT2D eigenvalue weighted by Crippen LogP contribution is -2.13. The Morgan fingerprint density at radius 3 is 2.65 bits per heavy atom. The molecular weight excluding hydrogens is 356 g/mol. The number of carbonyl (C=O) groups excluding carboxylic acids is 1. The van der Waals surface area contributed by atoms with E-state index in [2.05, 4.69) is 4.99 Å². The monoisotopic (exact) mass is 372 g/mol. The second-order valence-corrected chi connectivity index (χ2v) is 6.61. The summed E-state index contributed by atoms with van der Waals surface area (Å²) in [7, 11) is 4.92. The van der Waals surface area contributed by atoms with Crippen molar-refractivity contribution >= 4 is 27.5 Å². The number of amides is 1. The first-order chi connectivity index (χ1) is 12.6. The minimum absolute atomic E-state index is 0.226. The van der Waals surface area contributed by atoms with Gasteiger partial charge in [-0.2, -0.15) is 4.99 Å². The van der Waals surface area contributed by atoms with Crippen molar-refractivity contribution in [2.45, 2.75) is 0 Å². The van der Waals surface area contributed by atoms with Gasteiger partial charge in [-0.15, -0.1) is 0 Å². The number of benzene rings is 2. The van der Waals surface area contributed by atoms with Crippen LogP contribution < -0.4 is 23.7 Å². The Morgan fingerprint density at radius 2 is 1.92 bits per heavy atom. The molecular formula is C18H16N2O5S. The van der Waals surface area contributed by atoms with Gasteiger partial charge in [0, 0.05) is 25.2 Å². The number of carbonyl (C=O) groups is 1. The average Bonchev–Trinajstić information content (AvgIpc) is 3.23. The number of aryl methyl sites for hydroxylation is 1. The van der Waals surface area contributed by atoms with Crippen molar-refractivity contribution in [2.75, 3.05) is 21.0 Å². The maximum Gasteiger partial charge on any atom is 0.283 e. The number of hydrogen-bond acceptors (Lipinski definition) is 6. The molecule has 3 aromatic rings. The molecule has 1 aliphatic rings. The summed E-state index contributed by atoms with van der Waals surface area (Å²) in [6, 6.07) is 8.81. The molecule has 1 aromatic heterocycles. The largest absolute Gasteiger partial charge is 0.497 e. The number of thiazole rings is 1. The third-order valence-corrected chi connectivity index (χ3v) is 5.23. The fourth-order valence-corrected chi connectivity index (χ4v) is 3.77. The highest BCUT2D eigenvalue weighted by Crippen LogP contribution is 2.36. The molecule has 0 bridgehead atoms. The first-order valence-corrected chi connectivity index (χ1v) is 8.62.